The van der Waals surface area contributed by atoms with Gasteiger partial charge in [-0.05, 0) is 43.7 Å². The predicted octanol–water partition coefficient (Wildman–Crippen LogP) is 4.17. The van der Waals surface area contributed by atoms with Gasteiger partial charge in [0.2, 0.25) is 0 Å². The van der Waals surface area contributed by atoms with Crippen LogP contribution in [0.3, 0.4) is 0 Å². The van der Waals surface area contributed by atoms with E-state index in [1.165, 1.54) is 12.1 Å². The lowest BCUT2D eigenvalue weighted by Gasteiger charge is -2.03. The molecule has 0 aliphatic heterocycles. The highest BCUT2D eigenvalue weighted by Crippen LogP contribution is 2.32. The normalized spacial score (nSPS) is 11.6. The second kappa shape index (κ2) is 5.96. The molecule has 0 amide bonds. The van der Waals surface area contributed by atoms with Gasteiger partial charge in [-0.15, -0.1) is 11.3 Å². The number of carbonyl (C=O) groups is 1. The van der Waals surface area contributed by atoms with Gasteiger partial charge in [-0.25, -0.2) is 14.2 Å². The van der Waals surface area contributed by atoms with Gasteiger partial charge < -0.3 is 5.11 Å². The number of benzene rings is 1. The molecule has 2 aromatic heterocycles. The highest BCUT2D eigenvalue weighted by molar-refractivity contribution is 7.17. The number of hydrogen-bond donors (Lipinski definition) is 1. The fourth-order valence-corrected chi connectivity index (χ4v) is 3.69. The van der Waals surface area contributed by atoms with Crippen molar-refractivity contribution in [2.45, 2.75) is 20.3 Å². The van der Waals surface area contributed by atoms with Crippen molar-refractivity contribution in [2.24, 2.45) is 0 Å². The summed E-state index contributed by atoms with van der Waals surface area (Å²) in [5.41, 5.74) is 3.22. The molecular weight excluding hydrogens is 315 g/mol. The fraction of sp³-hybridized carbons (Fsp3) is 0.176. The van der Waals surface area contributed by atoms with Gasteiger partial charge in [0.1, 0.15) is 5.82 Å². The summed E-state index contributed by atoms with van der Waals surface area (Å²) in [7, 11) is 0. The quantitative estimate of drug-likeness (QED) is 0.731. The monoisotopic (exact) mass is 330 g/mol. The number of aliphatic carboxylic acids is 1. The van der Waals surface area contributed by atoms with Crippen LogP contribution >= 0.6 is 11.3 Å². The van der Waals surface area contributed by atoms with Gasteiger partial charge in [-0.3, -0.25) is 4.40 Å². The lowest BCUT2D eigenvalue weighted by molar-refractivity contribution is -0.131. The molecule has 0 spiro atoms. The molecular formula is C17H15FN2O2S. The van der Waals surface area contributed by atoms with Crippen LogP contribution < -0.4 is 0 Å². The van der Waals surface area contributed by atoms with Crippen LogP contribution in [-0.4, -0.2) is 20.5 Å². The minimum atomic E-state index is -1.02. The Morgan fingerprint density at radius 2 is 2.09 bits per heavy atom. The molecule has 0 saturated heterocycles. The van der Waals surface area contributed by atoms with Crippen molar-refractivity contribution >= 4 is 28.3 Å². The van der Waals surface area contributed by atoms with E-state index in [0.717, 1.165) is 33.6 Å². The number of thiazole rings is 1. The molecule has 1 N–H and O–H groups in total. The molecule has 0 radical (unpaired) electrons. The Morgan fingerprint density at radius 3 is 2.70 bits per heavy atom. The van der Waals surface area contributed by atoms with Crippen LogP contribution in [0, 0.1) is 12.7 Å². The Labute approximate surface area is 136 Å². The number of fused-ring (bicyclic) bond motifs is 1. The number of aromatic nitrogens is 2. The Hall–Kier alpha value is -2.47. The van der Waals surface area contributed by atoms with E-state index >= 15 is 0 Å². The summed E-state index contributed by atoms with van der Waals surface area (Å²) in [5.74, 6) is -1.34. The summed E-state index contributed by atoms with van der Waals surface area (Å²) in [6, 6.07) is 6.05. The molecule has 1 aromatic carbocycles. The minimum Gasteiger partial charge on any atom is -0.478 e. The summed E-state index contributed by atoms with van der Waals surface area (Å²) in [4.78, 5) is 17.5. The summed E-state index contributed by atoms with van der Waals surface area (Å²) in [5, 5.41) is 8.95. The Bertz CT molecular complexity index is 907. The van der Waals surface area contributed by atoms with Crippen molar-refractivity contribution in [3.05, 3.63) is 52.4 Å². The average molecular weight is 330 g/mol. The second-order valence-corrected chi connectivity index (χ2v) is 6.28. The van der Waals surface area contributed by atoms with E-state index in [1.807, 2.05) is 11.3 Å². The number of carboxylic acid groups (broad SMARTS) is 1. The first kappa shape index (κ1) is 15.4. The zero-order chi connectivity index (χ0) is 16.6. The third-order valence-corrected chi connectivity index (χ3v) is 4.64. The van der Waals surface area contributed by atoms with Gasteiger partial charge in [0.15, 0.2) is 4.96 Å². The maximum atomic E-state index is 13.2. The molecule has 2 heterocycles. The lowest BCUT2D eigenvalue weighted by atomic mass is 10.1. The third kappa shape index (κ3) is 2.77. The number of halogens is 1. The third-order valence-electron chi connectivity index (χ3n) is 3.64. The number of aryl methyl sites for hydroxylation is 2. The highest BCUT2D eigenvalue weighted by Gasteiger charge is 2.18. The number of nitrogens with zero attached hydrogens (tertiary/aromatic N) is 2. The summed E-state index contributed by atoms with van der Waals surface area (Å²) < 4.78 is 15.1. The molecule has 4 nitrogen and oxygen atoms in total. The van der Waals surface area contributed by atoms with Gasteiger partial charge in [-0.1, -0.05) is 6.92 Å². The average Bonchev–Trinajstić information content (AvgIpc) is 3.00. The minimum absolute atomic E-state index is 0.317. The molecule has 0 bridgehead atoms. The molecule has 0 atom stereocenters. The number of imidazole rings is 1. The standard InChI is InChI=1S/C17H15FN2O2S/c1-3-13-10(2)23-17-19-16(11-4-6-12(18)7-5-11)14(20(13)17)8-9-15(21)22/h4-9H,3H2,1-2H3,(H,21,22)/b9-8+. The molecule has 6 heteroatoms. The highest BCUT2D eigenvalue weighted by atomic mass is 32.1. The SMILES string of the molecule is CCc1c(C)sc2nc(-c3ccc(F)cc3)c(/C=C/C(=O)O)n12. The van der Waals surface area contributed by atoms with Crippen molar-refractivity contribution < 1.29 is 14.3 Å². The zero-order valence-corrected chi connectivity index (χ0v) is 13.5. The molecule has 23 heavy (non-hydrogen) atoms. The van der Waals surface area contributed by atoms with E-state index in [2.05, 4.69) is 11.9 Å². The van der Waals surface area contributed by atoms with E-state index in [-0.39, 0.29) is 5.82 Å². The lowest BCUT2D eigenvalue weighted by Crippen LogP contribution is -1.95. The molecule has 0 saturated carbocycles. The van der Waals surface area contributed by atoms with Gasteiger partial charge in [0, 0.05) is 22.2 Å². The van der Waals surface area contributed by atoms with Crippen LogP contribution in [0.15, 0.2) is 30.3 Å². The van der Waals surface area contributed by atoms with Crippen molar-refractivity contribution in [1.29, 1.82) is 0 Å². The van der Waals surface area contributed by atoms with Gasteiger partial charge in [0.25, 0.3) is 0 Å². The number of carboxylic acids is 1. The van der Waals surface area contributed by atoms with Gasteiger partial charge in [0.05, 0.1) is 11.4 Å². The van der Waals surface area contributed by atoms with Crippen molar-refractivity contribution in [3.8, 4) is 11.3 Å². The van der Waals surface area contributed by atoms with Crippen molar-refractivity contribution in [1.82, 2.24) is 9.38 Å². The number of hydrogen-bond acceptors (Lipinski definition) is 3. The molecule has 0 aliphatic carbocycles. The van der Waals surface area contributed by atoms with Crippen LogP contribution in [0.5, 0.6) is 0 Å². The molecule has 118 valence electrons. The molecule has 0 unspecified atom stereocenters. The largest absolute Gasteiger partial charge is 0.478 e. The molecule has 3 rings (SSSR count). The van der Waals surface area contributed by atoms with Crippen LogP contribution in [-0.2, 0) is 11.2 Å². The van der Waals surface area contributed by atoms with Crippen molar-refractivity contribution in [2.75, 3.05) is 0 Å². The molecule has 3 aromatic rings. The van der Waals surface area contributed by atoms with E-state index in [0.29, 0.717) is 11.4 Å². The van der Waals surface area contributed by atoms with Crippen LogP contribution in [0.4, 0.5) is 4.39 Å². The van der Waals surface area contributed by atoms with Crippen LogP contribution in [0.25, 0.3) is 22.3 Å². The Morgan fingerprint density at radius 1 is 1.39 bits per heavy atom. The summed E-state index contributed by atoms with van der Waals surface area (Å²) in [6.45, 7) is 4.08. The van der Waals surface area contributed by atoms with Gasteiger partial charge >= 0.3 is 5.97 Å². The van der Waals surface area contributed by atoms with Crippen LogP contribution in [0.1, 0.15) is 23.2 Å². The smallest absolute Gasteiger partial charge is 0.328 e. The second-order valence-electron chi connectivity index (χ2n) is 5.10. The first-order chi connectivity index (χ1) is 11.0. The van der Waals surface area contributed by atoms with Crippen LogP contribution in [0.2, 0.25) is 0 Å². The Kier molecular flexibility index (Phi) is 4.00. The first-order valence-electron chi connectivity index (χ1n) is 7.19. The fourth-order valence-electron chi connectivity index (χ4n) is 2.63. The number of rotatable bonds is 4. The van der Waals surface area contributed by atoms with E-state index in [4.69, 9.17) is 5.11 Å². The van der Waals surface area contributed by atoms with E-state index in [9.17, 15) is 9.18 Å². The first-order valence-corrected chi connectivity index (χ1v) is 8.00. The van der Waals surface area contributed by atoms with E-state index in [1.54, 1.807) is 29.5 Å². The summed E-state index contributed by atoms with van der Waals surface area (Å²) >= 11 is 1.57. The topological polar surface area (TPSA) is 54.6 Å². The summed E-state index contributed by atoms with van der Waals surface area (Å²) in [6.07, 6.45) is 3.47. The zero-order valence-electron chi connectivity index (χ0n) is 12.7. The predicted molar refractivity (Wildman–Crippen MR) is 89.2 cm³/mol. The molecule has 0 aliphatic rings. The van der Waals surface area contributed by atoms with Gasteiger partial charge in [-0.2, -0.15) is 0 Å². The molecule has 0 fully saturated rings. The van der Waals surface area contributed by atoms with E-state index < -0.39 is 5.97 Å². The maximum Gasteiger partial charge on any atom is 0.328 e. The maximum absolute atomic E-state index is 13.2. The van der Waals surface area contributed by atoms with Crippen molar-refractivity contribution in [3.63, 3.8) is 0 Å². The Balaban J connectivity index is 2.28.